The Morgan fingerprint density at radius 1 is 0.889 bits per heavy atom. The Hall–Kier alpha value is -2.12. The number of nitrogens with zero attached hydrogens (tertiary/aromatic N) is 1. The molecule has 18 heavy (non-hydrogen) atoms. The lowest BCUT2D eigenvalue weighted by Crippen LogP contribution is -2.12. The van der Waals surface area contributed by atoms with E-state index in [-0.39, 0.29) is 4.90 Å². The van der Waals surface area contributed by atoms with Crippen LogP contribution in [0.2, 0.25) is 0 Å². The van der Waals surface area contributed by atoms with E-state index < -0.39 is 15.1 Å². The fourth-order valence-electron chi connectivity index (χ4n) is 1.70. The Morgan fingerprint density at radius 2 is 1.39 bits per heavy atom. The second kappa shape index (κ2) is 5.03. The SMILES string of the molecule is N#CC(c1ccccc1)S(=O)(=O)c1ccccc1. The van der Waals surface area contributed by atoms with Gasteiger partial charge in [-0.15, -0.1) is 0 Å². The molecule has 90 valence electrons. The van der Waals surface area contributed by atoms with Crippen LogP contribution >= 0.6 is 0 Å². The molecule has 1 unspecified atom stereocenters. The minimum atomic E-state index is -3.67. The third-order valence-electron chi connectivity index (χ3n) is 2.60. The predicted octanol–water partition coefficient (Wildman–Crippen LogP) is 2.73. The zero-order chi connectivity index (χ0) is 13.0. The van der Waals surface area contributed by atoms with Gasteiger partial charge in [-0.1, -0.05) is 48.5 Å². The molecule has 0 radical (unpaired) electrons. The Morgan fingerprint density at radius 3 is 1.89 bits per heavy atom. The van der Waals surface area contributed by atoms with E-state index in [0.29, 0.717) is 5.56 Å². The van der Waals surface area contributed by atoms with Gasteiger partial charge in [-0.25, -0.2) is 8.42 Å². The summed E-state index contributed by atoms with van der Waals surface area (Å²) in [5.41, 5.74) is 0.490. The van der Waals surface area contributed by atoms with Crippen LogP contribution in [0.5, 0.6) is 0 Å². The molecule has 2 aromatic carbocycles. The van der Waals surface area contributed by atoms with Crippen molar-refractivity contribution in [2.75, 3.05) is 0 Å². The molecule has 0 fully saturated rings. The molecule has 2 aromatic rings. The van der Waals surface area contributed by atoms with Gasteiger partial charge in [0.05, 0.1) is 11.0 Å². The van der Waals surface area contributed by atoms with E-state index in [0.717, 1.165) is 0 Å². The number of benzene rings is 2. The Bertz CT molecular complexity index is 658. The van der Waals surface area contributed by atoms with E-state index in [9.17, 15) is 8.42 Å². The van der Waals surface area contributed by atoms with E-state index >= 15 is 0 Å². The van der Waals surface area contributed by atoms with Gasteiger partial charge in [-0.2, -0.15) is 5.26 Å². The zero-order valence-corrected chi connectivity index (χ0v) is 10.3. The average Bonchev–Trinajstić information content (AvgIpc) is 2.41. The molecule has 2 rings (SSSR count). The van der Waals surface area contributed by atoms with Crippen LogP contribution in [0.3, 0.4) is 0 Å². The van der Waals surface area contributed by atoms with Gasteiger partial charge in [-0.3, -0.25) is 0 Å². The molecule has 0 aliphatic heterocycles. The second-order valence-corrected chi connectivity index (χ2v) is 5.81. The maximum absolute atomic E-state index is 12.3. The lowest BCUT2D eigenvalue weighted by molar-refractivity contribution is 0.591. The molecule has 4 heteroatoms. The van der Waals surface area contributed by atoms with Crippen molar-refractivity contribution in [2.24, 2.45) is 0 Å². The maximum Gasteiger partial charge on any atom is 0.198 e. The summed E-state index contributed by atoms with van der Waals surface area (Å²) in [6.45, 7) is 0. The fraction of sp³-hybridized carbons (Fsp3) is 0.0714. The van der Waals surface area contributed by atoms with E-state index in [4.69, 9.17) is 5.26 Å². The molecule has 0 bridgehead atoms. The lowest BCUT2D eigenvalue weighted by Gasteiger charge is -2.10. The van der Waals surface area contributed by atoms with Gasteiger partial charge in [0, 0.05) is 0 Å². The monoisotopic (exact) mass is 257 g/mol. The quantitative estimate of drug-likeness (QED) is 0.849. The molecule has 0 aliphatic rings. The summed E-state index contributed by atoms with van der Waals surface area (Å²) < 4.78 is 24.7. The predicted molar refractivity (Wildman–Crippen MR) is 68.4 cm³/mol. The van der Waals surface area contributed by atoms with Crippen LogP contribution in [-0.2, 0) is 9.84 Å². The number of rotatable bonds is 3. The van der Waals surface area contributed by atoms with E-state index in [2.05, 4.69) is 0 Å². The van der Waals surface area contributed by atoms with Crippen LogP contribution in [0.15, 0.2) is 65.6 Å². The van der Waals surface area contributed by atoms with Gasteiger partial charge in [-0.05, 0) is 17.7 Å². The Balaban J connectivity index is 2.50. The van der Waals surface area contributed by atoms with Crippen LogP contribution in [0, 0.1) is 11.3 Å². The standard InChI is InChI=1S/C14H11NO2S/c15-11-14(12-7-3-1-4-8-12)18(16,17)13-9-5-2-6-10-13/h1-10,14H. The average molecular weight is 257 g/mol. The van der Waals surface area contributed by atoms with Crippen molar-refractivity contribution in [1.29, 1.82) is 5.26 Å². The molecule has 0 aliphatic carbocycles. The highest BCUT2D eigenvalue weighted by molar-refractivity contribution is 7.92. The van der Waals surface area contributed by atoms with E-state index in [1.807, 2.05) is 6.07 Å². The molecule has 0 N–H and O–H groups in total. The summed E-state index contributed by atoms with van der Waals surface area (Å²) in [6.07, 6.45) is 0. The van der Waals surface area contributed by atoms with Crippen molar-refractivity contribution < 1.29 is 8.42 Å². The largest absolute Gasteiger partial charge is 0.222 e. The molecule has 0 amide bonds. The summed E-state index contributed by atoms with van der Waals surface area (Å²) in [4.78, 5) is 0.167. The van der Waals surface area contributed by atoms with Crippen LogP contribution in [0.4, 0.5) is 0 Å². The van der Waals surface area contributed by atoms with Crippen molar-refractivity contribution in [3.8, 4) is 6.07 Å². The molecule has 3 nitrogen and oxygen atoms in total. The van der Waals surface area contributed by atoms with Gasteiger partial charge in [0.15, 0.2) is 15.1 Å². The van der Waals surface area contributed by atoms with Crippen LogP contribution in [-0.4, -0.2) is 8.42 Å². The lowest BCUT2D eigenvalue weighted by atomic mass is 10.2. The third kappa shape index (κ3) is 2.27. The number of sulfone groups is 1. The summed E-state index contributed by atoms with van der Waals surface area (Å²) >= 11 is 0. The first-order valence-electron chi connectivity index (χ1n) is 5.40. The van der Waals surface area contributed by atoms with Crippen molar-refractivity contribution >= 4 is 9.84 Å². The zero-order valence-electron chi connectivity index (χ0n) is 9.52. The van der Waals surface area contributed by atoms with Gasteiger partial charge < -0.3 is 0 Å². The fourth-order valence-corrected chi connectivity index (χ4v) is 3.16. The summed E-state index contributed by atoms with van der Waals surface area (Å²) in [5.74, 6) is 0. The molecular formula is C14H11NO2S. The van der Waals surface area contributed by atoms with Crippen LogP contribution in [0.25, 0.3) is 0 Å². The Kier molecular flexibility index (Phi) is 3.45. The number of hydrogen-bond acceptors (Lipinski definition) is 3. The van der Waals surface area contributed by atoms with Crippen molar-refractivity contribution in [1.82, 2.24) is 0 Å². The highest BCUT2D eigenvalue weighted by atomic mass is 32.2. The van der Waals surface area contributed by atoms with E-state index in [1.54, 1.807) is 48.5 Å². The molecular weight excluding hydrogens is 246 g/mol. The van der Waals surface area contributed by atoms with E-state index in [1.165, 1.54) is 12.1 Å². The minimum Gasteiger partial charge on any atom is -0.222 e. The van der Waals surface area contributed by atoms with Gasteiger partial charge in [0.2, 0.25) is 0 Å². The first-order chi connectivity index (χ1) is 8.66. The molecule has 1 atom stereocenters. The topological polar surface area (TPSA) is 57.9 Å². The highest BCUT2D eigenvalue weighted by Crippen LogP contribution is 2.27. The van der Waals surface area contributed by atoms with Gasteiger partial charge in [0.1, 0.15) is 0 Å². The maximum atomic E-state index is 12.3. The van der Waals surface area contributed by atoms with Gasteiger partial charge >= 0.3 is 0 Å². The minimum absolute atomic E-state index is 0.167. The molecule has 0 saturated carbocycles. The highest BCUT2D eigenvalue weighted by Gasteiger charge is 2.28. The molecule has 0 saturated heterocycles. The van der Waals surface area contributed by atoms with Crippen LogP contribution in [0.1, 0.15) is 10.8 Å². The van der Waals surface area contributed by atoms with Crippen molar-refractivity contribution in [2.45, 2.75) is 10.1 Å². The smallest absolute Gasteiger partial charge is 0.198 e. The number of hydrogen-bond donors (Lipinski definition) is 0. The van der Waals surface area contributed by atoms with Crippen molar-refractivity contribution in [3.63, 3.8) is 0 Å². The molecule has 0 spiro atoms. The second-order valence-electron chi connectivity index (χ2n) is 3.78. The third-order valence-corrected chi connectivity index (χ3v) is 4.53. The summed E-state index contributed by atoms with van der Waals surface area (Å²) in [7, 11) is -3.67. The normalized spacial score (nSPS) is 12.6. The number of nitriles is 1. The first kappa shape index (κ1) is 12.3. The molecule has 0 aromatic heterocycles. The first-order valence-corrected chi connectivity index (χ1v) is 6.94. The van der Waals surface area contributed by atoms with Crippen LogP contribution < -0.4 is 0 Å². The Labute approximate surface area is 106 Å². The summed E-state index contributed by atoms with van der Waals surface area (Å²) in [6, 6.07) is 18.4. The van der Waals surface area contributed by atoms with Crippen molar-refractivity contribution in [3.05, 3.63) is 66.2 Å². The summed E-state index contributed by atoms with van der Waals surface area (Å²) in [5, 5.41) is 7.98. The van der Waals surface area contributed by atoms with Gasteiger partial charge in [0.25, 0.3) is 0 Å². The molecule has 0 heterocycles.